The average molecular weight is 269 g/mol. The minimum absolute atomic E-state index is 0.596. The van der Waals surface area contributed by atoms with Crippen LogP contribution < -0.4 is 5.73 Å². The molecule has 1 unspecified atom stereocenters. The number of nitrogens with two attached hydrogens (primary N) is 1. The number of nitrogens with one attached hydrogen (secondary N) is 1. The van der Waals surface area contributed by atoms with Gasteiger partial charge in [-0.05, 0) is 18.2 Å². The molecule has 0 aliphatic heterocycles. The second-order valence-corrected chi connectivity index (χ2v) is 4.17. The molecule has 5 heteroatoms. The molecule has 0 saturated carbocycles. The maximum absolute atomic E-state index is 10.8. The van der Waals surface area contributed by atoms with E-state index in [1.807, 2.05) is 18.2 Å². The van der Waals surface area contributed by atoms with Gasteiger partial charge in [0.15, 0.2) is 0 Å². The summed E-state index contributed by atoms with van der Waals surface area (Å²) < 4.78 is 0.897. The Kier molecular flexibility index (Phi) is 2.50. The number of aliphatic carboxylic acids is 1. The highest BCUT2D eigenvalue weighted by Crippen LogP contribution is 2.26. The third kappa shape index (κ3) is 1.75. The van der Waals surface area contributed by atoms with Crippen LogP contribution >= 0.6 is 15.9 Å². The molecule has 4 nitrogen and oxygen atoms in total. The van der Waals surface area contributed by atoms with Gasteiger partial charge in [-0.2, -0.15) is 0 Å². The molecule has 15 heavy (non-hydrogen) atoms. The van der Waals surface area contributed by atoms with Crippen LogP contribution in [0.1, 0.15) is 11.6 Å². The molecule has 0 aliphatic carbocycles. The number of carboxylic acid groups (broad SMARTS) is 1. The van der Waals surface area contributed by atoms with Crippen LogP contribution in [0.2, 0.25) is 0 Å². The van der Waals surface area contributed by atoms with Crippen LogP contribution in [0, 0.1) is 0 Å². The SMILES string of the molecule is NC(C(=O)O)c1c[nH]c2ccc(Br)cc12. The highest BCUT2D eigenvalue weighted by atomic mass is 79.9. The first-order valence-electron chi connectivity index (χ1n) is 4.34. The molecule has 1 aromatic heterocycles. The van der Waals surface area contributed by atoms with Crippen molar-refractivity contribution in [2.75, 3.05) is 0 Å². The van der Waals surface area contributed by atoms with Crippen LogP contribution in [0.25, 0.3) is 10.9 Å². The first-order valence-corrected chi connectivity index (χ1v) is 5.14. The third-order valence-electron chi connectivity index (χ3n) is 2.28. The van der Waals surface area contributed by atoms with Crippen molar-refractivity contribution in [3.05, 3.63) is 34.4 Å². The number of hydrogen-bond donors (Lipinski definition) is 3. The lowest BCUT2D eigenvalue weighted by Gasteiger charge is -2.04. The number of halogens is 1. The number of H-pyrrole nitrogens is 1. The Hall–Kier alpha value is -1.33. The number of benzene rings is 1. The smallest absolute Gasteiger partial charge is 0.325 e. The first-order chi connectivity index (χ1) is 7.09. The molecule has 0 amide bonds. The number of aromatic nitrogens is 1. The Morgan fingerprint density at radius 2 is 2.27 bits per heavy atom. The second-order valence-electron chi connectivity index (χ2n) is 3.25. The summed E-state index contributed by atoms with van der Waals surface area (Å²) in [4.78, 5) is 13.8. The van der Waals surface area contributed by atoms with Crippen molar-refractivity contribution in [1.82, 2.24) is 4.98 Å². The normalized spacial score (nSPS) is 12.9. The van der Waals surface area contributed by atoms with E-state index in [4.69, 9.17) is 10.8 Å². The van der Waals surface area contributed by atoms with E-state index in [1.54, 1.807) is 6.20 Å². The molecule has 0 fully saturated rings. The van der Waals surface area contributed by atoms with Gasteiger partial charge < -0.3 is 15.8 Å². The van der Waals surface area contributed by atoms with Crippen molar-refractivity contribution in [2.45, 2.75) is 6.04 Å². The van der Waals surface area contributed by atoms with Crippen molar-refractivity contribution in [3.8, 4) is 0 Å². The van der Waals surface area contributed by atoms with Gasteiger partial charge in [0.1, 0.15) is 6.04 Å². The number of carboxylic acids is 1. The molecule has 0 spiro atoms. The van der Waals surface area contributed by atoms with Crippen LogP contribution in [0.5, 0.6) is 0 Å². The highest BCUT2D eigenvalue weighted by molar-refractivity contribution is 9.10. The monoisotopic (exact) mass is 268 g/mol. The molecule has 1 heterocycles. The van der Waals surface area contributed by atoms with Crippen molar-refractivity contribution in [3.63, 3.8) is 0 Å². The Bertz CT molecular complexity index is 521. The Morgan fingerprint density at radius 1 is 1.53 bits per heavy atom. The Labute approximate surface area is 94.2 Å². The van der Waals surface area contributed by atoms with Crippen LogP contribution in [0.4, 0.5) is 0 Å². The number of fused-ring (bicyclic) bond motifs is 1. The van der Waals surface area contributed by atoms with Gasteiger partial charge in [0, 0.05) is 27.1 Å². The van der Waals surface area contributed by atoms with Crippen molar-refractivity contribution in [2.24, 2.45) is 5.73 Å². The van der Waals surface area contributed by atoms with Gasteiger partial charge in [-0.1, -0.05) is 15.9 Å². The van der Waals surface area contributed by atoms with Gasteiger partial charge in [-0.15, -0.1) is 0 Å². The zero-order valence-corrected chi connectivity index (χ0v) is 9.28. The summed E-state index contributed by atoms with van der Waals surface area (Å²) in [5.74, 6) is -1.03. The van der Waals surface area contributed by atoms with E-state index < -0.39 is 12.0 Å². The molecule has 1 aromatic carbocycles. The van der Waals surface area contributed by atoms with E-state index in [1.165, 1.54) is 0 Å². The standard InChI is InChI=1S/C10H9BrN2O2/c11-5-1-2-8-6(3-5)7(4-13-8)9(12)10(14)15/h1-4,9,13H,12H2,(H,14,15). The van der Waals surface area contributed by atoms with Gasteiger partial charge in [-0.25, -0.2) is 0 Å². The Balaban J connectivity index is 2.61. The molecule has 2 aromatic rings. The molecule has 0 bridgehead atoms. The lowest BCUT2D eigenvalue weighted by molar-refractivity contribution is -0.138. The highest BCUT2D eigenvalue weighted by Gasteiger charge is 2.18. The summed E-state index contributed by atoms with van der Waals surface area (Å²) in [5, 5.41) is 9.66. The zero-order chi connectivity index (χ0) is 11.0. The fourth-order valence-electron chi connectivity index (χ4n) is 1.50. The second kappa shape index (κ2) is 3.67. The predicted molar refractivity (Wildman–Crippen MR) is 60.6 cm³/mol. The van der Waals surface area contributed by atoms with Crippen molar-refractivity contribution in [1.29, 1.82) is 0 Å². The molecular weight excluding hydrogens is 260 g/mol. The van der Waals surface area contributed by atoms with Crippen LogP contribution in [-0.4, -0.2) is 16.1 Å². The minimum Gasteiger partial charge on any atom is -0.480 e. The van der Waals surface area contributed by atoms with Crippen molar-refractivity contribution >= 4 is 32.8 Å². The quantitative estimate of drug-likeness (QED) is 0.780. The van der Waals surface area contributed by atoms with Gasteiger partial charge >= 0.3 is 5.97 Å². The van der Waals surface area contributed by atoms with Gasteiger partial charge in [0.2, 0.25) is 0 Å². The fraction of sp³-hybridized carbons (Fsp3) is 0.100. The molecule has 0 aliphatic rings. The van der Waals surface area contributed by atoms with E-state index >= 15 is 0 Å². The molecule has 1 atom stereocenters. The topological polar surface area (TPSA) is 79.1 Å². The molecule has 2 rings (SSSR count). The molecule has 0 radical (unpaired) electrons. The van der Waals surface area contributed by atoms with E-state index in [-0.39, 0.29) is 0 Å². The number of carbonyl (C=O) groups is 1. The number of hydrogen-bond acceptors (Lipinski definition) is 2. The maximum Gasteiger partial charge on any atom is 0.325 e. The van der Waals surface area contributed by atoms with E-state index in [2.05, 4.69) is 20.9 Å². The summed E-state index contributed by atoms with van der Waals surface area (Å²) >= 11 is 3.34. The average Bonchev–Trinajstić information content (AvgIpc) is 2.59. The molecule has 78 valence electrons. The van der Waals surface area contributed by atoms with E-state index in [0.717, 1.165) is 15.4 Å². The summed E-state index contributed by atoms with van der Waals surface area (Å²) in [6.07, 6.45) is 1.63. The number of rotatable bonds is 2. The maximum atomic E-state index is 10.8. The van der Waals surface area contributed by atoms with Gasteiger partial charge in [0.05, 0.1) is 0 Å². The van der Waals surface area contributed by atoms with E-state index in [0.29, 0.717) is 5.56 Å². The lowest BCUT2D eigenvalue weighted by atomic mass is 10.1. The molecule has 0 saturated heterocycles. The summed E-state index contributed by atoms with van der Waals surface area (Å²) in [6.45, 7) is 0. The van der Waals surface area contributed by atoms with Crippen LogP contribution in [-0.2, 0) is 4.79 Å². The largest absolute Gasteiger partial charge is 0.480 e. The van der Waals surface area contributed by atoms with Crippen LogP contribution in [0.15, 0.2) is 28.9 Å². The summed E-state index contributed by atoms with van der Waals surface area (Å²) in [5.41, 5.74) is 7.04. The van der Waals surface area contributed by atoms with Gasteiger partial charge in [0.25, 0.3) is 0 Å². The first kappa shape index (κ1) is 10.2. The molecular formula is C10H9BrN2O2. The fourth-order valence-corrected chi connectivity index (χ4v) is 1.87. The summed E-state index contributed by atoms with van der Waals surface area (Å²) in [7, 11) is 0. The van der Waals surface area contributed by atoms with Gasteiger partial charge in [-0.3, -0.25) is 4.79 Å². The van der Waals surface area contributed by atoms with E-state index in [9.17, 15) is 4.79 Å². The lowest BCUT2D eigenvalue weighted by Crippen LogP contribution is -2.20. The van der Waals surface area contributed by atoms with Crippen LogP contribution in [0.3, 0.4) is 0 Å². The molecule has 4 N–H and O–H groups in total. The van der Waals surface area contributed by atoms with Crippen molar-refractivity contribution < 1.29 is 9.90 Å². The minimum atomic E-state index is -1.03. The summed E-state index contributed by atoms with van der Waals surface area (Å²) in [6, 6.07) is 4.61. The zero-order valence-electron chi connectivity index (χ0n) is 7.70. The number of aromatic amines is 1. The third-order valence-corrected chi connectivity index (χ3v) is 2.77. The predicted octanol–water partition coefficient (Wildman–Crippen LogP) is 2.01. The Morgan fingerprint density at radius 3 is 2.93 bits per heavy atom.